The molecule has 0 bridgehead atoms. The minimum absolute atomic E-state index is 0.0365. The number of likely N-dealkylation sites (N-methyl/N-ethyl adjacent to an activating group) is 1. The predicted molar refractivity (Wildman–Crippen MR) is 82.6 cm³/mol. The summed E-state index contributed by atoms with van der Waals surface area (Å²) in [5, 5.41) is 20.3. The number of hydrogen-bond donors (Lipinski definition) is 2. The summed E-state index contributed by atoms with van der Waals surface area (Å²) >= 11 is 0. The SMILES string of the molecule is CN1C(=O)Cc2cc(B(O)OC(C)(C)C(C)(C)O)ccc21. The Labute approximate surface area is 125 Å². The zero-order valence-corrected chi connectivity index (χ0v) is 13.2. The van der Waals surface area contributed by atoms with Crippen molar-refractivity contribution in [2.45, 2.75) is 45.3 Å². The third kappa shape index (κ3) is 2.97. The lowest BCUT2D eigenvalue weighted by Gasteiger charge is -2.38. The third-order valence-electron chi connectivity index (χ3n) is 4.35. The molecule has 1 heterocycles. The normalized spacial score (nSPS) is 15.4. The molecule has 0 unspecified atom stereocenters. The van der Waals surface area contributed by atoms with E-state index in [0.29, 0.717) is 11.9 Å². The van der Waals surface area contributed by atoms with Gasteiger partial charge in [-0.15, -0.1) is 0 Å². The first kappa shape index (κ1) is 16.0. The summed E-state index contributed by atoms with van der Waals surface area (Å²) in [5.41, 5.74) is 0.300. The molecule has 0 atom stereocenters. The highest BCUT2D eigenvalue weighted by Crippen LogP contribution is 2.28. The number of amides is 1. The van der Waals surface area contributed by atoms with Crippen molar-refractivity contribution in [3.8, 4) is 0 Å². The molecule has 2 rings (SSSR count). The van der Waals surface area contributed by atoms with Crippen molar-refractivity contribution >= 4 is 24.2 Å². The van der Waals surface area contributed by atoms with Crippen molar-refractivity contribution in [3.05, 3.63) is 23.8 Å². The number of benzene rings is 1. The number of aliphatic hydroxyl groups is 1. The Balaban J connectivity index is 2.21. The maximum Gasteiger partial charge on any atom is 0.491 e. The van der Waals surface area contributed by atoms with Crippen molar-refractivity contribution in [1.29, 1.82) is 0 Å². The van der Waals surface area contributed by atoms with Crippen molar-refractivity contribution < 1.29 is 19.6 Å². The quantitative estimate of drug-likeness (QED) is 0.791. The Morgan fingerprint density at radius 1 is 1.29 bits per heavy atom. The van der Waals surface area contributed by atoms with Gasteiger partial charge in [0.2, 0.25) is 5.91 Å². The highest BCUT2D eigenvalue weighted by atomic mass is 16.5. The molecule has 0 radical (unpaired) electrons. The summed E-state index contributed by atoms with van der Waals surface area (Å²) in [5.74, 6) is 0.0365. The Bertz CT molecular complexity index is 565. The van der Waals surface area contributed by atoms with Crippen LogP contribution in [0.1, 0.15) is 33.3 Å². The maximum atomic E-state index is 11.7. The van der Waals surface area contributed by atoms with Gasteiger partial charge in [-0.05, 0) is 44.8 Å². The molecule has 0 saturated heterocycles. The van der Waals surface area contributed by atoms with Gasteiger partial charge in [0.05, 0.1) is 17.6 Å². The van der Waals surface area contributed by atoms with Crippen molar-refractivity contribution in [1.82, 2.24) is 0 Å². The number of nitrogens with zero attached hydrogens (tertiary/aromatic N) is 1. The molecule has 1 aromatic carbocycles. The van der Waals surface area contributed by atoms with Crippen molar-refractivity contribution in [3.63, 3.8) is 0 Å². The number of anilines is 1. The number of fused-ring (bicyclic) bond motifs is 1. The maximum absolute atomic E-state index is 11.7. The first-order valence-electron chi connectivity index (χ1n) is 7.00. The summed E-state index contributed by atoms with van der Waals surface area (Å²) in [6.07, 6.45) is 0.335. The van der Waals surface area contributed by atoms with E-state index in [4.69, 9.17) is 4.65 Å². The molecule has 2 N–H and O–H groups in total. The molecule has 0 aromatic heterocycles. The van der Waals surface area contributed by atoms with E-state index in [2.05, 4.69) is 0 Å². The Hall–Kier alpha value is -1.37. The topological polar surface area (TPSA) is 70.0 Å². The van der Waals surface area contributed by atoms with E-state index in [1.165, 1.54) is 0 Å². The zero-order chi connectivity index (χ0) is 16.0. The molecule has 6 heteroatoms. The second kappa shape index (κ2) is 5.12. The van der Waals surface area contributed by atoms with Gasteiger partial charge in [-0.3, -0.25) is 4.79 Å². The van der Waals surface area contributed by atoms with Crippen LogP contribution in [0.15, 0.2) is 18.2 Å². The fraction of sp³-hybridized carbons (Fsp3) is 0.533. The minimum Gasteiger partial charge on any atom is -0.423 e. The van der Waals surface area contributed by atoms with Gasteiger partial charge in [-0.25, -0.2) is 0 Å². The van der Waals surface area contributed by atoms with Crippen LogP contribution in [0.5, 0.6) is 0 Å². The molecule has 21 heavy (non-hydrogen) atoms. The van der Waals surface area contributed by atoms with E-state index in [-0.39, 0.29) is 5.91 Å². The van der Waals surface area contributed by atoms with Crippen LogP contribution in [0, 0.1) is 0 Å². The van der Waals surface area contributed by atoms with Gasteiger partial charge >= 0.3 is 7.12 Å². The Morgan fingerprint density at radius 3 is 2.48 bits per heavy atom. The lowest BCUT2D eigenvalue weighted by atomic mass is 9.76. The van der Waals surface area contributed by atoms with Crippen LogP contribution in [-0.4, -0.2) is 41.4 Å². The fourth-order valence-corrected chi connectivity index (χ4v) is 2.14. The lowest BCUT2D eigenvalue weighted by Crippen LogP contribution is -2.53. The van der Waals surface area contributed by atoms with Crippen molar-refractivity contribution in [2.75, 3.05) is 11.9 Å². The first-order valence-corrected chi connectivity index (χ1v) is 7.00. The Morgan fingerprint density at radius 2 is 1.90 bits per heavy atom. The van der Waals surface area contributed by atoms with E-state index >= 15 is 0 Å². The third-order valence-corrected chi connectivity index (χ3v) is 4.35. The van der Waals surface area contributed by atoms with Gasteiger partial charge in [-0.1, -0.05) is 12.1 Å². The van der Waals surface area contributed by atoms with E-state index in [0.717, 1.165) is 11.3 Å². The standard InChI is InChI=1S/C15H22BNO4/c1-14(2,19)15(3,4)21-16(20)11-6-7-12-10(8-11)9-13(18)17(12)5/h6-8,19-20H,9H2,1-5H3. The average molecular weight is 291 g/mol. The van der Waals surface area contributed by atoms with Crippen LogP contribution in [-0.2, 0) is 15.9 Å². The molecule has 1 aliphatic rings. The van der Waals surface area contributed by atoms with Gasteiger partial charge in [0.15, 0.2) is 0 Å². The zero-order valence-electron chi connectivity index (χ0n) is 13.2. The lowest BCUT2D eigenvalue weighted by molar-refractivity contribution is -0.117. The number of hydrogen-bond acceptors (Lipinski definition) is 4. The highest BCUT2D eigenvalue weighted by Gasteiger charge is 2.39. The molecule has 114 valence electrons. The summed E-state index contributed by atoms with van der Waals surface area (Å²) in [7, 11) is 0.579. The second-order valence-corrected chi connectivity index (χ2v) is 6.56. The van der Waals surface area contributed by atoms with Crippen LogP contribution in [0.3, 0.4) is 0 Å². The number of carbonyl (C=O) groups excluding carboxylic acids is 1. The first-order chi connectivity index (χ1) is 9.53. The highest BCUT2D eigenvalue weighted by molar-refractivity contribution is 6.60. The summed E-state index contributed by atoms with van der Waals surface area (Å²) in [6.45, 7) is 6.72. The molecule has 0 fully saturated rings. The van der Waals surface area contributed by atoms with Gasteiger partial charge in [0, 0.05) is 12.7 Å². The smallest absolute Gasteiger partial charge is 0.423 e. The summed E-state index contributed by atoms with van der Waals surface area (Å²) in [4.78, 5) is 13.3. The second-order valence-electron chi connectivity index (χ2n) is 6.56. The van der Waals surface area contributed by atoms with Crippen LogP contribution >= 0.6 is 0 Å². The monoisotopic (exact) mass is 291 g/mol. The van der Waals surface area contributed by atoms with Crippen LogP contribution in [0.4, 0.5) is 5.69 Å². The van der Waals surface area contributed by atoms with E-state index in [1.54, 1.807) is 57.8 Å². The molecule has 0 aliphatic carbocycles. The largest absolute Gasteiger partial charge is 0.491 e. The molecule has 0 saturated carbocycles. The van der Waals surface area contributed by atoms with Gasteiger partial charge in [-0.2, -0.15) is 0 Å². The predicted octanol–water partition coefficient (Wildman–Crippen LogP) is 0.459. The average Bonchev–Trinajstić information content (AvgIpc) is 2.62. The molecule has 1 aliphatic heterocycles. The van der Waals surface area contributed by atoms with Crippen molar-refractivity contribution in [2.24, 2.45) is 0 Å². The van der Waals surface area contributed by atoms with Crippen LogP contribution in [0.25, 0.3) is 0 Å². The van der Waals surface area contributed by atoms with E-state index < -0.39 is 18.3 Å². The van der Waals surface area contributed by atoms with Gasteiger partial charge in [0.25, 0.3) is 0 Å². The number of rotatable bonds is 4. The van der Waals surface area contributed by atoms with Gasteiger partial charge < -0.3 is 19.7 Å². The molecule has 1 aromatic rings. The molecule has 5 nitrogen and oxygen atoms in total. The minimum atomic E-state index is -1.15. The van der Waals surface area contributed by atoms with Crippen LogP contribution in [0.2, 0.25) is 0 Å². The molecule has 0 spiro atoms. The molecular weight excluding hydrogens is 269 g/mol. The number of carbonyl (C=O) groups is 1. The summed E-state index contributed by atoms with van der Waals surface area (Å²) in [6, 6.07) is 5.32. The Kier molecular flexibility index (Phi) is 3.91. The molecule has 1 amide bonds. The van der Waals surface area contributed by atoms with E-state index in [1.807, 2.05) is 0 Å². The molecular formula is C15H22BNO4. The summed E-state index contributed by atoms with van der Waals surface area (Å²) < 4.78 is 5.61. The van der Waals surface area contributed by atoms with Crippen LogP contribution < -0.4 is 10.4 Å². The van der Waals surface area contributed by atoms with E-state index in [9.17, 15) is 14.9 Å². The van der Waals surface area contributed by atoms with Gasteiger partial charge in [0.1, 0.15) is 0 Å². The fourth-order valence-electron chi connectivity index (χ4n) is 2.14.